The fraction of sp³-hybridized carbons (Fsp3) is 0.200. The second kappa shape index (κ2) is 5.96. The minimum absolute atomic E-state index is 0.0293. The number of carbonyl (C=O) groups excluding carboxylic acids is 2. The van der Waals surface area contributed by atoms with Crippen LogP contribution >= 0.6 is 0 Å². The summed E-state index contributed by atoms with van der Waals surface area (Å²) in [6, 6.07) is 6.87. The van der Waals surface area contributed by atoms with E-state index >= 15 is 0 Å². The van der Waals surface area contributed by atoms with Gasteiger partial charge in [-0.05, 0) is 37.1 Å². The number of allylic oxidation sites excluding steroid dienone is 1. The van der Waals surface area contributed by atoms with Crippen molar-refractivity contribution in [2.75, 3.05) is 0 Å². The van der Waals surface area contributed by atoms with Crippen LogP contribution in [0.1, 0.15) is 19.4 Å². The van der Waals surface area contributed by atoms with E-state index in [9.17, 15) is 9.59 Å². The molecule has 1 rings (SSSR count). The van der Waals surface area contributed by atoms with Crippen LogP contribution in [-0.4, -0.2) is 11.8 Å². The Balaban J connectivity index is 2.80. The molecular formula is C15H16O3. The number of carbonyl (C=O) groups is 2. The lowest BCUT2D eigenvalue weighted by atomic mass is 10.1. The highest BCUT2D eigenvalue weighted by Gasteiger charge is 2.08. The summed E-state index contributed by atoms with van der Waals surface area (Å²) in [5, 5.41) is 0. The van der Waals surface area contributed by atoms with Gasteiger partial charge in [-0.1, -0.05) is 25.3 Å². The van der Waals surface area contributed by atoms with Gasteiger partial charge in [-0.15, -0.1) is 0 Å². The molecular weight excluding hydrogens is 228 g/mol. The predicted molar refractivity (Wildman–Crippen MR) is 70.4 cm³/mol. The lowest BCUT2D eigenvalue weighted by Gasteiger charge is -2.06. The molecule has 0 atom stereocenters. The Morgan fingerprint density at radius 2 is 1.83 bits per heavy atom. The number of ketones is 1. The molecule has 0 aliphatic rings. The third kappa shape index (κ3) is 4.01. The van der Waals surface area contributed by atoms with Gasteiger partial charge >= 0.3 is 5.97 Å². The van der Waals surface area contributed by atoms with E-state index in [4.69, 9.17) is 4.74 Å². The monoisotopic (exact) mass is 244 g/mol. The number of benzene rings is 1. The van der Waals surface area contributed by atoms with Gasteiger partial charge in [0.2, 0.25) is 0 Å². The summed E-state index contributed by atoms with van der Waals surface area (Å²) in [5.41, 5.74) is 1.63. The normalized spacial score (nSPS) is 9.67. The lowest BCUT2D eigenvalue weighted by Crippen LogP contribution is -2.09. The van der Waals surface area contributed by atoms with Crippen molar-refractivity contribution in [1.82, 2.24) is 0 Å². The first-order chi connectivity index (χ1) is 8.40. The van der Waals surface area contributed by atoms with Crippen LogP contribution in [0.2, 0.25) is 0 Å². The van der Waals surface area contributed by atoms with Gasteiger partial charge < -0.3 is 4.74 Å². The van der Waals surface area contributed by atoms with Crippen LogP contribution < -0.4 is 4.74 Å². The molecule has 0 saturated carbocycles. The molecule has 0 saturated heterocycles. The molecule has 0 heterocycles. The Morgan fingerprint density at radius 3 is 2.39 bits per heavy atom. The molecule has 0 aliphatic carbocycles. The molecule has 94 valence electrons. The highest BCUT2D eigenvalue weighted by Crippen LogP contribution is 2.16. The van der Waals surface area contributed by atoms with Crippen molar-refractivity contribution in [3.63, 3.8) is 0 Å². The average molecular weight is 244 g/mol. The quantitative estimate of drug-likeness (QED) is 0.454. The van der Waals surface area contributed by atoms with E-state index in [0.29, 0.717) is 16.9 Å². The number of ether oxygens (including phenoxy) is 1. The first kappa shape index (κ1) is 13.9. The minimum Gasteiger partial charge on any atom is -0.423 e. The van der Waals surface area contributed by atoms with Gasteiger partial charge in [-0.25, -0.2) is 4.79 Å². The van der Waals surface area contributed by atoms with Gasteiger partial charge in [-0.3, -0.25) is 4.79 Å². The summed E-state index contributed by atoms with van der Waals surface area (Å²) >= 11 is 0. The maximum Gasteiger partial charge on any atom is 0.338 e. The van der Waals surface area contributed by atoms with Gasteiger partial charge in [0.15, 0.2) is 5.78 Å². The van der Waals surface area contributed by atoms with E-state index in [1.807, 2.05) is 0 Å². The average Bonchev–Trinajstić information content (AvgIpc) is 2.29. The fourth-order valence-corrected chi connectivity index (χ4v) is 1.25. The van der Waals surface area contributed by atoms with E-state index < -0.39 is 5.97 Å². The minimum atomic E-state index is -0.474. The van der Waals surface area contributed by atoms with E-state index in [1.165, 1.54) is 0 Å². The molecule has 0 unspecified atom stereocenters. The smallest absolute Gasteiger partial charge is 0.338 e. The Labute approximate surface area is 107 Å². The van der Waals surface area contributed by atoms with Gasteiger partial charge in [0.05, 0.1) is 0 Å². The molecule has 0 aliphatic heterocycles. The number of hydrogen-bond donors (Lipinski definition) is 0. The maximum atomic E-state index is 11.5. The van der Waals surface area contributed by atoms with Gasteiger partial charge in [0, 0.05) is 12.0 Å². The van der Waals surface area contributed by atoms with Crippen molar-refractivity contribution in [3.8, 4) is 5.75 Å². The topological polar surface area (TPSA) is 43.4 Å². The molecule has 18 heavy (non-hydrogen) atoms. The molecule has 0 amide bonds. The van der Waals surface area contributed by atoms with Crippen molar-refractivity contribution in [1.29, 1.82) is 0 Å². The molecule has 0 spiro atoms. The highest BCUT2D eigenvalue weighted by atomic mass is 16.5. The number of rotatable bonds is 5. The van der Waals surface area contributed by atoms with Gasteiger partial charge in [-0.2, -0.15) is 0 Å². The Bertz CT molecular complexity index is 469. The fourth-order valence-electron chi connectivity index (χ4n) is 1.25. The van der Waals surface area contributed by atoms with Crippen molar-refractivity contribution in [2.45, 2.75) is 20.3 Å². The SMILES string of the molecule is C=C(C)C(=O)Cc1cccc(OC(=O)C(=C)C)c1. The zero-order valence-corrected chi connectivity index (χ0v) is 10.7. The Kier molecular flexibility index (Phi) is 4.60. The first-order valence-corrected chi connectivity index (χ1v) is 5.55. The van der Waals surface area contributed by atoms with Crippen molar-refractivity contribution >= 4 is 11.8 Å². The van der Waals surface area contributed by atoms with Gasteiger partial charge in [0.25, 0.3) is 0 Å². The van der Waals surface area contributed by atoms with Crippen molar-refractivity contribution in [2.24, 2.45) is 0 Å². The van der Waals surface area contributed by atoms with Crippen molar-refractivity contribution in [3.05, 3.63) is 54.1 Å². The van der Waals surface area contributed by atoms with Gasteiger partial charge in [0.1, 0.15) is 5.75 Å². The van der Waals surface area contributed by atoms with E-state index in [2.05, 4.69) is 13.2 Å². The Morgan fingerprint density at radius 1 is 1.17 bits per heavy atom. The second-order valence-corrected chi connectivity index (χ2v) is 4.20. The zero-order valence-electron chi connectivity index (χ0n) is 10.7. The first-order valence-electron chi connectivity index (χ1n) is 5.55. The summed E-state index contributed by atoms with van der Waals surface area (Å²) in [4.78, 5) is 22.9. The second-order valence-electron chi connectivity index (χ2n) is 4.20. The van der Waals surface area contributed by atoms with Crippen LogP contribution in [0.15, 0.2) is 48.6 Å². The molecule has 0 radical (unpaired) electrons. The van der Waals surface area contributed by atoms with Crippen LogP contribution in [0.5, 0.6) is 5.75 Å². The highest BCUT2D eigenvalue weighted by molar-refractivity contribution is 5.95. The summed E-state index contributed by atoms with van der Waals surface area (Å²) < 4.78 is 5.09. The molecule has 1 aromatic carbocycles. The van der Waals surface area contributed by atoms with E-state index in [-0.39, 0.29) is 12.2 Å². The lowest BCUT2D eigenvalue weighted by molar-refractivity contribution is -0.130. The molecule has 0 N–H and O–H groups in total. The van der Waals surface area contributed by atoms with Crippen molar-refractivity contribution < 1.29 is 14.3 Å². The molecule has 1 aromatic rings. The van der Waals surface area contributed by atoms with E-state index in [0.717, 1.165) is 5.56 Å². The number of esters is 1. The number of hydrogen-bond acceptors (Lipinski definition) is 3. The van der Waals surface area contributed by atoms with Crippen LogP contribution in [0.25, 0.3) is 0 Å². The largest absolute Gasteiger partial charge is 0.423 e. The van der Waals surface area contributed by atoms with Crippen LogP contribution in [-0.2, 0) is 16.0 Å². The molecule has 3 heteroatoms. The Hall–Kier alpha value is -2.16. The standard InChI is InChI=1S/C15H16O3/c1-10(2)14(16)9-12-6-5-7-13(8-12)18-15(17)11(3)4/h5-8H,1,3,9H2,2,4H3. The predicted octanol–water partition coefficient (Wildman–Crippen LogP) is 2.86. The maximum absolute atomic E-state index is 11.5. The van der Waals surface area contributed by atoms with Crippen LogP contribution in [0.3, 0.4) is 0 Å². The summed E-state index contributed by atoms with van der Waals surface area (Å²) in [7, 11) is 0. The number of Topliss-reactive ketones (excluding diaryl/α,β-unsaturated/α-hetero) is 1. The van der Waals surface area contributed by atoms with E-state index in [1.54, 1.807) is 38.1 Å². The van der Waals surface area contributed by atoms with Crippen LogP contribution in [0.4, 0.5) is 0 Å². The molecule has 0 aromatic heterocycles. The molecule has 0 bridgehead atoms. The summed E-state index contributed by atoms with van der Waals surface area (Å²) in [6.07, 6.45) is 0.258. The molecule has 3 nitrogen and oxygen atoms in total. The summed E-state index contributed by atoms with van der Waals surface area (Å²) in [6.45, 7) is 10.4. The van der Waals surface area contributed by atoms with Crippen LogP contribution in [0, 0.1) is 0 Å². The zero-order chi connectivity index (χ0) is 13.7. The molecule has 0 fully saturated rings. The third-order valence-corrected chi connectivity index (χ3v) is 2.30. The third-order valence-electron chi connectivity index (χ3n) is 2.30. The summed E-state index contributed by atoms with van der Waals surface area (Å²) in [5.74, 6) is -0.0910.